The Morgan fingerprint density at radius 1 is 1.53 bits per heavy atom. The van der Waals surface area contributed by atoms with E-state index >= 15 is 0 Å². The second kappa shape index (κ2) is 5.31. The Morgan fingerprint density at radius 3 is 2.88 bits per heavy atom. The first-order valence-corrected chi connectivity index (χ1v) is 6.36. The Bertz CT molecular complexity index is 419. The third-order valence-electron chi connectivity index (χ3n) is 3.05. The minimum absolute atomic E-state index is 0.122. The molecule has 1 fully saturated rings. The fourth-order valence-electron chi connectivity index (χ4n) is 2.12. The lowest BCUT2D eigenvalue weighted by molar-refractivity contribution is 0.400. The summed E-state index contributed by atoms with van der Waals surface area (Å²) in [6.07, 6.45) is 2.40. The molecule has 94 valence electrons. The van der Waals surface area contributed by atoms with E-state index in [2.05, 4.69) is 21.2 Å². The van der Waals surface area contributed by atoms with Crippen LogP contribution < -0.4 is 10.1 Å². The van der Waals surface area contributed by atoms with Crippen LogP contribution in [-0.4, -0.2) is 19.7 Å². The second-order valence-corrected chi connectivity index (χ2v) is 4.96. The van der Waals surface area contributed by atoms with Crippen molar-refractivity contribution in [3.8, 4) is 5.75 Å². The first kappa shape index (κ1) is 12.8. The fourth-order valence-corrected chi connectivity index (χ4v) is 2.64. The van der Waals surface area contributed by atoms with Gasteiger partial charge < -0.3 is 10.1 Å². The number of ether oxygens (including phenoxy) is 1. The summed E-state index contributed by atoms with van der Waals surface area (Å²) < 4.78 is 32.8. The highest BCUT2D eigenvalue weighted by Gasteiger charge is 2.22. The van der Waals surface area contributed by atoms with Crippen LogP contribution in [0.15, 0.2) is 10.5 Å². The molecule has 0 spiro atoms. The topological polar surface area (TPSA) is 21.3 Å². The normalized spacial score (nSPS) is 19.6. The number of rotatable bonds is 3. The maximum Gasteiger partial charge on any atom is 0.147 e. The summed E-state index contributed by atoms with van der Waals surface area (Å²) in [7, 11) is 1.39. The molecule has 0 radical (unpaired) electrons. The van der Waals surface area contributed by atoms with Gasteiger partial charge in [-0.15, -0.1) is 0 Å². The monoisotopic (exact) mass is 305 g/mol. The summed E-state index contributed by atoms with van der Waals surface area (Å²) in [5, 5.41) is 3.23. The van der Waals surface area contributed by atoms with Gasteiger partial charge in [-0.2, -0.15) is 0 Å². The molecule has 1 N–H and O–H groups in total. The lowest BCUT2D eigenvalue weighted by Gasteiger charge is -2.14. The number of methoxy groups -OCH3 is 1. The van der Waals surface area contributed by atoms with E-state index in [-0.39, 0.29) is 21.8 Å². The summed E-state index contributed by atoms with van der Waals surface area (Å²) >= 11 is 3.09. The van der Waals surface area contributed by atoms with Crippen molar-refractivity contribution >= 4 is 15.9 Å². The van der Waals surface area contributed by atoms with Gasteiger partial charge in [0.2, 0.25) is 0 Å². The van der Waals surface area contributed by atoms with E-state index in [0.717, 1.165) is 19.4 Å². The molecule has 2 rings (SSSR count). The molecule has 0 aliphatic carbocycles. The van der Waals surface area contributed by atoms with Crippen LogP contribution in [0, 0.1) is 11.6 Å². The Morgan fingerprint density at radius 2 is 2.29 bits per heavy atom. The van der Waals surface area contributed by atoms with Gasteiger partial charge in [0.25, 0.3) is 0 Å². The van der Waals surface area contributed by atoms with Crippen LogP contribution in [0.5, 0.6) is 5.75 Å². The zero-order valence-electron chi connectivity index (χ0n) is 9.53. The van der Waals surface area contributed by atoms with Crippen molar-refractivity contribution in [2.45, 2.75) is 25.3 Å². The predicted molar refractivity (Wildman–Crippen MR) is 65.3 cm³/mol. The van der Waals surface area contributed by atoms with Gasteiger partial charge in [0.1, 0.15) is 17.4 Å². The third kappa shape index (κ3) is 2.60. The molecule has 17 heavy (non-hydrogen) atoms. The zero-order valence-corrected chi connectivity index (χ0v) is 11.1. The van der Waals surface area contributed by atoms with Crippen LogP contribution in [0.3, 0.4) is 0 Å². The number of hydrogen-bond acceptors (Lipinski definition) is 2. The molecule has 1 aliphatic heterocycles. The van der Waals surface area contributed by atoms with Crippen LogP contribution >= 0.6 is 15.9 Å². The Labute approximate surface area is 107 Å². The molecule has 0 aromatic heterocycles. The van der Waals surface area contributed by atoms with Crippen LogP contribution in [-0.2, 0) is 6.42 Å². The molecular weight excluding hydrogens is 292 g/mol. The van der Waals surface area contributed by atoms with E-state index in [9.17, 15) is 8.78 Å². The molecule has 0 bridgehead atoms. The van der Waals surface area contributed by atoms with Crippen molar-refractivity contribution in [3.05, 3.63) is 27.7 Å². The number of halogens is 3. The van der Waals surface area contributed by atoms with Crippen molar-refractivity contribution in [2.75, 3.05) is 13.7 Å². The van der Waals surface area contributed by atoms with Crippen molar-refractivity contribution in [2.24, 2.45) is 0 Å². The van der Waals surface area contributed by atoms with Gasteiger partial charge in [-0.1, -0.05) is 0 Å². The van der Waals surface area contributed by atoms with E-state index in [1.807, 2.05) is 0 Å². The van der Waals surface area contributed by atoms with E-state index in [0.29, 0.717) is 6.42 Å². The van der Waals surface area contributed by atoms with Crippen LogP contribution in [0.2, 0.25) is 0 Å². The van der Waals surface area contributed by atoms with Crippen molar-refractivity contribution in [3.63, 3.8) is 0 Å². The summed E-state index contributed by atoms with van der Waals surface area (Å²) in [5.74, 6) is -0.921. The molecule has 1 aliphatic rings. The summed E-state index contributed by atoms with van der Waals surface area (Å²) in [4.78, 5) is 0. The SMILES string of the molecule is COc1cc(F)c(CC2CCCN2)c(F)c1Br. The van der Waals surface area contributed by atoms with E-state index in [4.69, 9.17) is 4.74 Å². The van der Waals surface area contributed by atoms with Crippen LogP contribution in [0.1, 0.15) is 18.4 Å². The summed E-state index contributed by atoms with van der Waals surface area (Å²) in [6.45, 7) is 0.922. The molecule has 1 aromatic rings. The Hall–Kier alpha value is -0.680. The lowest BCUT2D eigenvalue weighted by Crippen LogP contribution is -2.24. The van der Waals surface area contributed by atoms with E-state index < -0.39 is 11.6 Å². The van der Waals surface area contributed by atoms with E-state index in [1.54, 1.807) is 0 Å². The molecule has 0 saturated carbocycles. The molecular formula is C12H14BrF2NO. The van der Waals surface area contributed by atoms with Gasteiger partial charge in [0, 0.05) is 17.7 Å². The maximum atomic E-state index is 14.0. The van der Waals surface area contributed by atoms with Crippen molar-refractivity contribution in [1.29, 1.82) is 0 Å². The number of hydrogen-bond donors (Lipinski definition) is 1. The maximum absolute atomic E-state index is 14.0. The summed E-state index contributed by atoms with van der Waals surface area (Å²) in [5.41, 5.74) is 0.122. The van der Waals surface area contributed by atoms with Gasteiger partial charge in [-0.25, -0.2) is 8.78 Å². The van der Waals surface area contributed by atoms with Gasteiger partial charge in [-0.3, -0.25) is 0 Å². The average molecular weight is 306 g/mol. The van der Waals surface area contributed by atoms with Crippen molar-refractivity contribution in [1.82, 2.24) is 5.32 Å². The Balaban J connectivity index is 2.29. The zero-order chi connectivity index (χ0) is 12.4. The second-order valence-electron chi connectivity index (χ2n) is 4.16. The smallest absolute Gasteiger partial charge is 0.147 e. The Kier molecular flexibility index (Phi) is 3.99. The highest BCUT2D eigenvalue weighted by Crippen LogP contribution is 2.32. The van der Waals surface area contributed by atoms with Crippen LogP contribution in [0.4, 0.5) is 8.78 Å². The quantitative estimate of drug-likeness (QED) is 0.867. The predicted octanol–water partition coefficient (Wildman–Crippen LogP) is 3.03. The average Bonchev–Trinajstić information content (AvgIpc) is 2.82. The van der Waals surface area contributed by atoms with E-state index in [1.165, 1.54) is 13.2 Å². The molecule has 1 atom stereocenters. The number of nitrogens with one attached hydrogen (secondary N) is 1. The molecule has 1 unspecified atom stereocenters. The summed E-state index contributed by atoms with van der Waals surface area (Å²) in [6, 6.07) is 1.39. The van der Waals surface area contributed by atoms with Crippen LogP contribution in [0.25, 0.3) is 0 Å². The largest absolute Gasteiger partial charge is 0.495 e. The molecule has 1 heterocycles. The van der Waals surface area contributed by atoms with Gasteiger partial charge in [0.05, 0.1) is 11.6 Å². The molecule has 5 heteroatoms. The van der Waals surface area contributed by atoms with Gasteiger partial charge in [0.15, 0.2) is 0 Å². The first-order valence-electron chi connectivity index (χ1n) is 5.57. The standard InChI is InChI=1S/C12H14BrF2NO/c1-17-10-6-9(14)8(12(15)11(10)13)5-7-3-2-4-16-7/h6-7,16H,2-5H2,1H3. The molecule has 1 saturated heterocycles. The highest BCUT2D eigenvalue weighted by atomic mass is 79.9. The highest BCUT2D eigenvalue weighted by molar-refractivity contribution is 9.10. The number of benzene rings is 1. The fraction of sp³-hybridized carbons (Fsp3) is 0.500. The van der Waals surface area contributed by atoms with Crippen molar-refractivity contribution < 1.29 is 13.5 Å². The third-order valence-corrected chi connectivity index (χ3v) is 3.79. The molecule has 2 nitrogen and oxygen atoms in total. The van der Waals surface area contributed by atoms with Gasteiger partial charge >= 0.3 is 0 Å². The minimum Gasteiger partial charge on any atom is -0.495 e. The molecule has 1 aromatic carbocycles. The minimum atomic E-state index is -0.560. The van der Waals surface area contributed by atoms with Gasteiger partial charge in [-0.05, 0) is 41.7 Å². The first-order chi connectivity index (χ1) is 8.13. The molecule has 0 amide bonds. The lowest BCUT2D eigenvalue weighted by atomic mass is 10.0.